The van der Waals surface area contributed by atoms with Crippen LogP contribution in [0.2, 0.25) is 0 Å². The van der Waals surface area contributed by atoms with E-state index in [-0.39, 0.29) is 30.6 Å². The molecule has 1 aliphatic rings. The molecule has 3 rings (SSSR count). The average Bonchev–Trinajstić information content (AvgIpc) is 3.23. The third-order valence-corrected chi connectivity index (χ3v) is 6.02. The molecule has 1 aromatic heterocycles. The van der Waals surface area contributed by atoms with Gasteiger partial charge < -0.3 is 5.32 Å². The maximum atomic E-state index is 12.5. The lowest BCUT2D eigenvalue weighted by atomic mass is 10.1. The van der Waals surface area contributed by atoms with Crippen LogP contribution in [-0.4, -0.2) is 33.4 Å². The number of hydrogen-bond acceptors (Lipinski definition) is 6. The molecular formula is C19H16N2O3S3. The number of anilines is 1. The molecule has 8 heteroatoms. The number of benzene rings is 1. The zero-order valence-corrected chi connectivity index (χ0v) is 16.9. The molecule has 1 fully saturated rings. The number of thiocarbonyl (C=S) groups is 1. The second-order valence-corrected chi connectivity index (χ2v) is 8.44. The van der Waals surface area contributed by atoms with Crippen LogP contribution in [0.15, 0.2) is 46.7 Å². The van der Waals surface area contributed by atoms with Gasteiger partial charge in [0.1, 0.15) is 4.32 Å². The molecule has 2 heterocycles. The summed E-state index contributed by atoms with van der Waals surface area (Å²) in [5.74, 6) is -0.420. The van der Waals surface area contributed by atoms with Crippen molar-refractivity contribution in [3.8, 4) is 0 Å². The molecule has 1 aliphatic heterocycles. The maximum absolute atomic E-state index is 12.5. The van der Waals surface area contributed by atoms with Crippen molar-refractivity contribution in [3.05, 3.63) is 57.1 Å². The van der Waals surface area contributed by atoms with E-state index in [1.54, 1.807) is 35.6 Å². The number of amides is 2. The van der Waals surface area contributed by atoms with Crippen LogP contribution in [0.4, 0.5) is 5.69 Å². The highest BCUT2D eigenvalue weighted by atomic mass is 32.2. The van der Waals surface area contributed by atoms with Crippen LogP contribution in [0.25, 0.3) is 6.08 Å². The molecule has 0 spiro atoms. The molecule has 0 atom stereocenters. The van der Waals surface area contributed by atoms with E-state index >= 15 is 0 Å². The minimum Gasteiger partial charge on any atom is -0.326 e. The molecule has 0 bridgehead atoms. The Morgan fingerprint density at radius 3 is 2.59 bits per heavy atom. The van der Waals surface area contributed by atoms with Gasteiger partial charge in [-0.05, 0) is 48.7 Å². The highest BCUT2D eigenvalue weighted by Gasteiger charge is 2.32. The number of carbonyl (C=O) groups is 3. The third kappa shape index (κ3) is 4.91. The molecule has 0 radical (unpaired) electrons. The van der Waals surface area contributed by atoms with Crippen LogP contribution < -0.4 is 5.32 Å². The van der Waals surface area contributed by atoms with E-state index in [0.717, 1.165) is 4.88 Å². The van der Waals surface area contributed by atoms with E-state index < -0.39 is 0 Å². The van der Waals surface area contributed by atoms with Crippen LogP contribution in [0.3, 0.4) is 0 Å². The van der Waals surface area contributed by atoms with Crippen molar-refractivity contribution in [1.82, 2.24) is 4.90 Å². The molecule has 1 N–H and O–H groups in total. The summed E-state index contributed by atoms with van der Waals surface area (Å²) in [7, 11) is 0. The van der Waals surface area contributed by atoms with Crippen LogP contribution >= 0.6 is 35.3 Å². The first-order valence-electron chi connectivity index (χ1n) is 8.14. The molecule has 0 unspecified atom stereocenters. The van der Waals surface area contributed by atoms with Crippen LogP contribution in [-0.2, 0) is 9.59 Å². The van der Waals surface area contributed by atoms with Gasteiger partial charge in [-0.15, -0.1) is 11.3 Å². The minimum atomic E-state index is -0.220. The second kappa shape index (κ2) is 8.60. The summed E-state index contributed by atoms with van der Waals surface area (Å²) < 4.78 is 0.460. The highest BCUT2D eigenvalue weighted by molar-refractivity contribution is 8.26. The van der Waals surface area contributed by atoms with Crippen molar-refractivity contribution in [2.45, 2.75) is 13.3 Å². The van der Waals surface area contributed by atoms with Gasteiger partial charge in [-0.2, -0.15) is 0 Å². The van der Waals surface area contributed by atoms with Gasteiger partial charge >= 0.3 is 0 Å². The number of Topliss-reactive ketones (excluding diaryl/α,β-unsaturated/α-hetero) is 1. The van der Waals surface area contributed by atoms with Gasteiger partial charge in [0.2, 0.25) is 5.91 Å². The van der Waals surface area contributed by atoms with E-state index in [2.05, 4.69) is 5.32 Å². The van der Waals surface area contributed by atoms with Crippen molar-refractivity contribution >= 4 is 69.0 Å². The predicted molar refractivity (Wildman–Crippen MR) is 114 cm³/mol. The molecule has 1 aromatic carbocycles. The summed E-state index contributed by atoms with van der Waals surface area (Å²) in [6.07, 6.45) is 1.95. The van der Waals surface area contributed by atoms with Gasteiger partial charge in [-0.25, -0.2) is 0 Å². The fraction of sp³-hybridized carbons (Fsp3) is 0.158. The number of nitrogens with zero attached hydrogens (tertiary/aromatic N) is 1. The quantitative estimate of drug-likeness (QED) is 0.435. The minimum absolute atomic E-state index is 0.0298. The molecule has 27 heavy (non-hydrogen) atoms. The van der Waals surface area contributed by atoms with Crippen LogP contribution in [0.5, 0.6) is 0 Å². The van der Waals surface area contributed by atoms with Gasteiger partial charge in [0.05, 0.1) is 4.91 Å². The summed E-state index contributed by atoms with van der Waals surface area (Å²) in [5.41, 5.74) is 1.19. The summed E-state index contributed by atoms with van der Waals surface area (Å²) >= 11 is 8.08. The number of hydrogen-bond donors (Lipinski definition) is 1. The van der Waals surface area contributed by atoms with Gasteiger partial charge in [0.15, 0.2) is 5.78 Å². The van der Waals surface area contributed by atoms with Gasteiger partial charge in [-0.1, -0.05) is 30.0 Å². The Bertz CT molecular complexity index is 918. The molecule has 0 aliphatic carbocycles. The molecule has 138 valence electrons. The number of ketones is 1. The van der Waals surface area contributed by atoms with Crippen molar-refractivity contribution in [3.63, 3.8) is 0 Å². The van der Waals surface area contributed by atoms with Crippen LogP contribution in [0, 0.1) is 0 Å². The second-order valence-electron chi connectivity index (χ2n) is 5.78. The molecule has 5 nitrogen and oxygen atoms in total. The highest BCUT2D eigenvalue weighted by Crippen LogP contribution is 2.33. The van der Waals surface area contributed by atoms with Crippen molar-refractivity contribution in [2.24, 2.45) is 0 Å². The summed E-state index contributed by atoms with van der Waals surface area (Å²) in [6, 6.07) is 10.5. The van der Waals surface area contributed by atoms with Crippen molar-refractivity contribution < 1.29 is 14.4 Å². The Hall–Kier alpha value is -2.29. The van der Waals surface area contributed by atoms with Crippen LogP contribution in [0.1, 0.15) is 28.6 Å². The smallest absolute Gasteiger partial charge is 0.266 e. The zero-order chi connectivity index (χ0) is 19.4. The number of nitrogens with one attached hydrogen (secondary N) is 1. The lowest BCUT2D eigenvalue weighted by Gasteiger charge is -2.14. The average molecular weight is 417 g/mol. The fourth-order valence-electron chi connectivity index (χ4n) is 2.42. The summed E-state index contributed by atoms with van der Waals surface area (Å²) in [6.45, 7) is 1.71. The molecule has 0 saturated carbocycles. The number of rotatable bonds is 6. The third-order valence-electron chi connectivity index (χ3n) is 3.83. The standard InChI is InChI=1S/C19H16N2O3S3/c1-12(22)13-4-6-14(7-5-13)20-17(23)8-9-21-18(24)16(27-19(21)25)11-15-3-2-10-26-15/h2-7,10-11H,8-9H2,1H3,(H,20,23)/b16-11-. The Morgan fingerprint density at radius 2 is 1.96 bits per heavy atom. The first kappa shape index (κ1) is 19.5. The first-order valence-corrected chi connectivity index (χ1v) is 10.2. The maximum Gasteiger partial charge on any atom is 0.266 e. The normalized spacial score (nSPS) is 15.4. The Morgan fingerprint density at radius 1 is 1.22 bits per heavy atom. The van der Waals surface area contributed by atoms with Gasteiger partial charge in [-0.3, -0.25) is 19.3 Å². The van der Waals surface area contributed by atoms with Crippen molar-refractivity contribution in [2.75, 3.05) is 11.9 Å². The lowest BCUT2D eigenvalue weighted by Crippen LogP contribution is -2.31. The number of thioether (sulfide) groups is 1. The molecule has 1 saturated heterocycles. The molecule has 2 amide bonds. The molecule has 2 aromatic rings. The predicted octanol–water partition coefficient (Wildman–Crippen LogP) is 4.18. The largest absolute Gasteiger partial charge is 0.326 e. The van der Waals surface area contributed by atoms with E-state index in [1.807, 2.05) is 23.6 Å². The zero-order valence-electron chi connectivity index (χ0n) is 14.4. The number of carbonyl (C=O) groups excluding carboxylic acids is 3. The van der Waals surface area contributed by atoms with Gasteiger partial charge in [0.25, 0.3) is 5.91 Å². The Balaban J connectivity index is 1.56. The first-order chi connectivity index (χ1) is 12.9. The summed E-state index contributed by atoms with van der Waals surface area (Å²) in [4.78, 5) is 39.0. The van der Waals surface area contributed by atoms with Crippen molar-refractivity contribution in [1.29, 1.82) is 0 Å². The molecular weight excluding hydrogens is 400 g/mol. The topological polar surface area (TPSA) is 66.5 Å². The van der Waals surface area contributed by atoms with E-state index in [4.69, 9.17) is 12.2 Å². The van der Waals surface area contributed by atoms with E-state index in [1.165, 1.54) is 23.6 Å². The van der Waals surface area contributed by atoms with E-state index in [0.29, 0.717) is 20.5 Å². The van der Waals surface area contributed by atoms with Gasteiger partial charge in [0, 0.05) is 29.1 Å². The Labute approximate surface area is 170 Å². The van der Waals surface area contributed by atoms with E-state index in [9.17, 15) is 14.4 Å². The SMILES string of the molecule is CC(=O)c1ccc(NC(=O)CCN2C(=O)/C(=C/c3cccs3)SC2=S)cc1. The lowest BCUT2D eigenvalue weighted by molar-refractivity contribution is -0.122. The Kier molecular flexibility index (Phi) is 6.20. The monoisotopic (exact) mass is 416 g/mol. The summed E-state index contributed by atoms with van der Waals surface area (Å²) in [5, 5.41) is 4.70. The fourth-order valence-corrected chi connectivity index (χ4v) is 4.45. The number of thiophene rings is 1.